The number of rotatable bonds is 3. The summed E-state index contributed by atoms with van der Waals surface area (Å²) in [5.74, 6) is -0.232. The zero-order chi connectivity index (χ0) is 16.5. The molecule has 10 heteroatoms. The molecule has 0 N–H and O–H groups in total. The van der Waals surface area contributed by atoms with E-state index in [-0.39, 0.29) is 27.4 Å². The lowest BCUT2D eigenvalue weighted by atomic mass is 10.3. The molecule has 2 rings (SSSR count). The van der Waals surface area contributed by atoms with Gasteiger partial charge in [0.25, 0.3) is 5.69 Å². The maximum atomic E-state index is 12.5. The van der Waals surface area contributed by atoms with Crippen LogP contribution in [0.1, 0.15) is 5.56 Å². The molecule has 1 aromatic heterocycles. The fourth-order valence-electron chi connectivity index (χ4n) is 1.47. The predicted molar refractivity (Wildman–Crippen MR) is 72.4 cm³/mol. The lowest BCUT2D eigenvalue weighted by molar-refractivity contribution is -0.384. The van der Waals surface area contributed by atoms with Crippen molar-refractivity contribution in [2.45, 2.75) is 6.18 Å². The minimum atomic E-state index is -4.58. The highest BCUT2D eigenvalue weighted by Gasteiger charge is 2.31. The molecule has 5 nitrogen and oxygen atoms in total. The first-order chi connectivity index (χ1) is 10.2. The molecule has 0 fully saturated rings. The second-order valence-electron chi connectivity index (χ2n) is 3.98. The second-order valence-corrected chi connectivity index (χ2v) is 4.80. The molecular formula is C12H5Cl2F3N2O3. The van der Waals surface area contributed by atoms with Crippen LogP contribution in [-0.2, 0) is 6.18 Å². The molecule has 0 atom stereocenters. The van der Waals surface area contributed by atoms with Crippen LogP contribution in [0, 0.1) is 10.1 Å². The summed E-state index contributed by atoms with van der Waals surface area (Å²) >= 11 is 11.4. The van der Waals surface area contributed by atoms with Crippen molar-refractivity contribution < 1.29 is 22.8 Å². The van der Waals surface area contributed by atoms with Gasteiger partial charge in [-0.3, -0.25) is 10.1 Å². The summed E-state index contributed by atoms with van der Waals surface area (Å²) in [6.07, 6.45) is -4.01. The van der Waals surface area contributed by atoms with Crippen molar-refractivity contribution >= 4 is 28.9 Å². The van der Waals surface area contributed by atoms with Gasteiger partial charge < -0.3 is 4.74 Å². The molecule has 0 aliphatic carbocycles. The minimum absolute atomic E-state index is 0.0461. The molecule has 0 spiro atoms. The summed E-state index contributed by atoms with van der Waals surface area (Å²) in [5, 5.41) is 10.1. The van der Waals surface area contributed by atoms with Gasteiger partial charge in [0, 0.05) is 18.3 Å². The van der Waals surface area contributed by atoms with Crippen LogP contribution in [0.25, 0.3) is 0 Å². The first-order valence-electron chi connectivity index (χ1n) is 5.53. The summed E-state index contributed by atoms with van der Waals surface area (Å²) in [6.45, 7) is 0. The van der Waals surface area contributed by atoms with Crippen LogP contribution in [0.3, 0.4) is 0 Å². The van der Waals surface area contributed by atoms with Gasteiger partial charge in [-0.1, -0.05) is 23.2 Å². The Morgan fingerprint density at radius 3 is 2.36 bits per heavy atom. The molecule has 0 amide bonds. The maximum Gasteiger partial charge on any atom is 0.417 e. The molecule has 0 bridgehead atoms. The third-order valence-corrected chi connectivity index (χ3v) is 3.04. The molecule has 0 saturated carbocycles. The SMILES string of the molecule is O=[N+]([O-])c1ccc(Oc2ncc(C(F)(F)F)cc2Cl)cc1Cl. The number of hydrogen-bond acceptors (Lipinski definition) is 4. The number of alkyl halides is 3. The first-order valence-corrected chi connectivity index (χ1v) is 6.28. The molecule has 116 valence electrons. The molecule has 2 aromatic rings. The number of nitro groups is 1. The van der Waals surface area contributed by atoms with E-state index in [0.29, 0.717) is 12.3 Å². The van der Waals surface area contributed by atoms with Gasteiger partial charge in [-0.2, -0.15) is 13.2 Å². The lowest BCUT2D eigenvalue weighted by Crippen LogP contribution is -2.05. The highest BCUT2D eigenvalue weighted by molar-refractivity contribution is 6.33. The molecule has 1 aromatic carbocycles. The zero-order valence-electron chi connectivity index (χ0n) is 10.4. The van der Waals surface area contributed by atoms with E-state index < -0.39 is 16.7 Å². The zero-order valence-corrected chi connectivity index (χ0v) is 11.9. The standard InChI is InChI=1S/C12H5Cl2F3N2O3/c13-8-4-7(1-2-10(8)19(20)21)22-11-9(14)3-6(5-18-11)12(15,16)17/h1-5H. The van der Waals surface area contributed by atoms with Crippen molar-refractivity contribution in [3.05, 3.63) is 56.2 Å². The van der Waals surface area contributed by atoms with Crippen LogP contribution in [0.4, 0.5) is 18.9 Å². The Morgan fingerprint density at radius 2 is 1.86 bits per heavy atom. The van der Waals surface area contributed by atoms with Crippen molar-refractivity contribution in [1.29, 1.82) is 0 Å². The third-order valence-electron chi connectivity index (χ3n) is 2.47. The van der Waals surface area contributed by atoms with Crippen molar-refractivity contribution in [3.8, 4) is 11.6 Å². The number of ether oxygens (including phenoxy) is 1. The summed E-state index contributed by atoms with van der Waals surface area (Å²) in [6, 6.07) is 4.11. The van der Waals surface area contributed by atoms with Gasteiger partial charge in [-0.15, -0.1) is 0 Å². The first kappa shape index (κ1) is 16.3. The molecule has 0 saturated heterocycles. The lowest BCUT2D eigenvalue weighted by Gasteiger charge is -2.10. The van der Waals surface area contributed by atoms with E-state index >= 15 is 0 Å². The fourth-order valence-corrected chi connectivity index (χ4v) is 1.91. The smallest absolute Gasteiger partial charge is 0.417 e. The number of nitrogens with zero attached hydrogens (tertiary/aromatic N) is 2. The summed E-state index contributed by atoms with van der Waals surface area (Å²) in [4.78, 5) is 13.4. The number of halogens is 5. The van der Waals surface area contributed by atoms with Crippen molar-refractivity contribution in [3.63, 3.8) is 0 Å². The molecule has 0 radical (unpaired) electrons. The third kappa shape index (κ3) is 3.58. The summed E-state index contributed by atoms with van der Waals surface area (Å²) in [7, 11) is 0. The Kier molecular flexibility index (Phi) is 4.43. The van der Waals surface area contributed by atoms with E-state index in [0.717, 1.165) is 12.1 Å². The van der Waals surface area contributed by atoms with Crippen LogP contribution >= 0.6 is 23.2 Å². The Morgan fingerprint density at radius 1 is 1.18 bits per heavy atom. The average Bonchev–Trinajstić information content (AvgIpc) is 2.39. The van der Waals surface area contributed by atoms with E-state index in [1.807, 2.05) is 0 Å². The van der Waals surface area contributed by atoms with E-state index in [9.17, 15) is 23.3 Å². The molecule has 0 aliphatic rings. The Hall–Kier alpha value is -2.06. The normalized spacial score (nSPS) is 11.3. The van der Waals surface area contributed by atoms with E-state index in [4.69, 9.17) is 27.9 Å². The van der Waals surface area contributed by atoms with Crippen molar-refractivity contribution in [2.75, 3.05) is 0 Å². The molecule has 22 heavy (non-hydrogen) atoms. The Balaban J connectivity index is 2.28. The topological polar surface area (TPSA) is 65.3 Å². The van der Waals surface area contributed by atoms with Gasteiger partial charge in [0.2, 0.25) is 5.88 Å². The van der Waals surface area contributed by atoms with Gasteiger partial charge in [0.05, 0.1) is 10.5 Å². The molecule has 0 unspecified atom stereocenters. The largest absolute Gasteiger partial charge is 0.437 e. The van der Waals surface area contributed by atoms with Gasteiger partial charge in [0.1, 0.15) is 15.8 Å². The molecule has 1 heterocycles. The van der Waals surface area contributed by atoms with Crippen LogP contribution in [-0.4, -0.2) is 9.91 Å². The van der Waals surface area contributed by atoms with Crippen LogP contribution in [0.5, 0.6) is 11.6 Å². The van der Waals surface area contributed by atoms with Crippen molar-refractivity contribution in [2.24, 2.45) is 0 Å². The number of nitro benzene ring substituents is 1. The van der Waals surface area contributed by atoms with Gasteiger partial charge in [0.15, 0.2) is 0 Å². The number of benzene rings is 1. The van der Waals surface area contributed by atoms with Gasteiger partial charge in [-0.25, -0.2) is 4.98 Å². The van der Waals surface area contributed by atoms with Crippen molar-refractivity contribution in [1.82, 2.24) is 4.98 Å². The van der Waals surface area contributed by atoms with Crippen LogP contribution in [0.15, 0.2) is 30.5 Å². The van der Waals surface area contributed by atoms with E-state index in [2.05, 4.69) is 4.98 Å². The van der Waals surface area contributed by atoms with E-state index in [1.165, 1.54) is 6.07 Å². The fraction of sp³-hybridized carbons (Fsp3) is 0.0833. The highest BCUT2D eigenvalue weighted by Crippen LogP contribution is 2.36. The quantitative estimate of drug-likeness (QED) is 0.568. The molecular weight excluding hydrogens is 348 g/mol. The predicted octanol–water partition coefficient (Wildman–Crippen LogP) is 5.11. The number of pyridine rings is 1. The average molecular weight is 353 g/mol. The van der Waals surface area contributed by atoms with Crippen LogP contribution < -0.4 is 4.74 Å². The molecule has 0 aliphatic heterocycles. The minimum Gasteiger partial charge on any atom is -0.437 e. The van der Waals surface area contributed by atoms with E-state index in [1.54, 1.807) is 0 Å². The number of aromatic nitrogens is 1. The van der Waals surface area contributed by atoms with Gasteiger partial charge in [-0.05, 0) is 12.1 Å². The number of hydrogen-bond donors (Lipinski definition) is 0. The van der Waals surface area contributed by atoms with Gasteiger partial charge >= 0.3 is 6.18 Å². The second kappa shape index (κ2) is 5.98. The summed E-state index contributed by atoms with van der Waals surface area (Å²) in [5.41, 5.74) is -1.35. The summed E-state index contributed by atoms with van der Waals surface area (Å²) < 4.78 is 42.6. The Labute approximate surface area is 131 Å². The Bertz CT molecular complexity index is 738. The maximum absolute atomic E-state index is 12.5. The van der Waals surface area contributed by atoms with Crippen LogP contribution in [0.2, 0.25) is 10.0 Å². The highest BCUT2D eigenvalue weighted by atomic mass is 35.5. The monoisotopic (exact) mass is 352 g/mol.